The van der Waals surface area contributed by atoms with Gasteiger partial charge in [-0.2, -0.15) is 0 Å². The molecule has 1 saturated carbocycles. The first-order chi connectivity index (χ1) is 5.22. The first-order valence-corrected chi connectivity index (χ1v) is 4.60. The van der Waals surface area contributed by atoms with E-state index in [9.17, 15) is 5.11 Å². The van der Waals surface area contributed by atoms with Crippen LogP contribution in [0, 0.1) is 5.41 Å². The fraction of sp³-hybridized carbons (Fsp3) is 1.00. The van der Waals surface area contributed by atoms with Crippen LogP contribution >= 0.6 is 0 Å². The Hall–Kier alpha value is -0.0800. The summed E-state index contributed by atoms with van der Waals surface area (Å²) in [6.45, 7) is 2.78. The summed E-state index contributed by atoms with van der Waals surface area (Å²) in [6.07, 6.45) is 5.40. The van der Waals surface area contributed by atoms with Gasteiger partial charge in [0.25, 0.3) is 0 Å². The van der Waals surface area contributed by atoms with Crippen molar-refractivity contribution in [3.8, 4) is 0 Å². The molecule has 1 atom stereocenters. The second-order valence-electron chi connectivity index (χ2n) is 3.82. The third kappa shape index (κ3) is 1.94. The lowest BCUT2D eigenvalue weighted by molar-refractivity contribution is 0.0455. The van der Waals surface area contributed by atoms with Gasteiger partial charge < -0.3 is 10.8 Å². The van der Waals surface area contributed by atoms with E-state index in [2.05, 4.69) is 0 Å². The smallest absolute Gasteiger partial charge is 0.0543 e. The topological polar surface area (TPSA) is 46.2 Å². The van der Waals surface area contributed by atoms with Crippen LogP contribution in [0.15, 0.2) is 0 Å². The molecule has 66 valence electrons. The molecule has 0 spiro atoms. The molecule has 3 N–H and O–H groups in total. The molecule has 0 amide bonds. The summed E-state index contributed by atoms with van der Waals surface area (Å²) in [7, 11) is 0. The summed E-state index contributed by atoms with van der Waals surface area (Å²) < 4.78 is 0. The first kappa shape index (κ1) is 9.01. The van der Waals surface area contributed by atoms with Crippen LogP contribution in [0.4, 0.5) is 0 Å². The van der Waals surface area contributed by atoms with Gasteiger partial charge in [0.1, 0.15) is 0 Å². The largest absolute Gasteiger partial charge is 0.393 e. The van der Waals surface area contributed by atoms with Crippen molar-refractivity contribution in [1.82, 2.24) is 0 Å². The molecule has 0 radical (unpaired) electrons. The Morgan fingerprint density at radius 3 is 2.45 bits per heavy atom. The second-order valence-corrected chi connectivity index (χ2v) is 3.82. The Labute approximate surface area is 68.8 Å². The molecule has 0 aromatic rings. The number of aliphatic hydroxyl groups is 1. The highest BCUT2D eigenvalue weighted by Gasteiger charge is 2.36. The number of hydrogen-bond donors (Lipinski definition) is 2. The highest BCUT2D eigenvalue weighted by molar-refractivity contribution is 4.89. The van der Waals surface area contributed by atoms with Crippen molar-refractivity contribution in [3.05, 3.63) is 0 Å². The molecule has 1 aliphatic carbocycles. The average molecular weight is 157 g/mol. The van der Waals surface area contributed by atoms with E-state index < -0.39 is 0 Å². The third-order valence-corrected chi connectivity index (χ3v) is 2.99. The molecular formula is C9H19NO. The molecule has 0 aromatic carbocycles. The van der Waals surface area contributed by atoms with E-state index in [1.165, 1.54) is 19.3 Å². The third-order valence-electron chi connectivity index (χ3n) is 2.99. The molecule has 1 aliphatic rings. The predicted molar refractivity (Wildman–Crippen MR) is 46.3 cm³/mol. The fourth-order valence-electron chi connectivity index (χ4n) is 1.81. The number of aliphatic hydroxyl groups excluding tert-OH is 1. The summed E-state index contributed by atoms with van der Waals surface area (Å²) in [4.78, 5) is 0. The normalized spacial score (nSPS) is 24.3. The molecule has 2 heteroatoms. The fourth-order valence-corrected chi connectivity index (χ4v) is 1.81. The van der Waals surface area contributed by atoms with Gasteiger partial charge in [-0.15, -0.1) is 0 Å². The van der Waals surface area contributed by atoms with E-state index in [1.807, 2.05) is 6.92 Å². The maximum Gasteiger partial charge on any atom is 0.0543 e. The minimum Gasteiger partial charge on any atom is -0.393 e. The van der Waals surface area contributed by atoms with Crippen molar-refractivity contribution in [2.24, 2.45) is 11.1 Å². The standard InChI is InChI=1S/C9H19NO/c1-2-8(11)6-9(7-10)4-3-5-9/h8,11H,2-7,10H2,1H3. The van der Waals surface area contributed by atoms with E-state index in [0.717, 1.165) is 19.4 Å². The molecule has 0 aliphatic heterocycles. The van der Waals surface area contributed by atoms with Crippen LogP contribution in [0.1, 0.15) is 39.0 Å². The van der Waals surface area contributed by atoms with Gasteiger partial charge >= 0.3 is 0 Å². The quantitative estimate of drug-likeness (QED) is 0.645. The van der Waals surface area contributed by atoms with E-state index in [-0.39, 0.29) is 6.10 Å². The van der Waals surface area contributed by atoms with E-state index in [4.69, 9.17) is 5.73 Å². The van der Waals surface area contributed by atoms with Gasteiger partial charge in [-0.1, -0.05) is 13.3 Å². The molecule has 2 nitrogen and oxygen atoms in total. The highest BCUT2D eigenvalue weighted by Crippen LogP contribution is 2.43. The monoisotopic (exact) mass is 157 g/mol. The summed E-state index contributed by atoms with van der Waals surface area (Å²) in [5.74, 6) is 0. The Bertz CT molecular complexity index is 115. The zero-order valence-corrected chi connectivity index (χ0v) is 7.34. The number of hydrogen-bond acceptors (Lipinski definition) is 2. The zero-order chi connectivity index (χ0) is 8.32. The van der Waals surface area contributed by atoms with Gasteiger partial charge in [-0.05, 0) is 37.6 Å². The van der Waals surface area contributed by atoms with Gasteiger partial charge in [-0.25, -0.2) is 0 Å². The maximum absolute atomic E-state index is 9.43. The second kappa shape index (κ2) is 3.55. The molecule has 1 fully saturated rings. The van der Waals surface area contributed by atoms with Crippen LogP contribution < -0.4 is 5.73 Å². The Morgan fingerprint density at radius 2 is 2.18 bits per heavy atom. The predicted octanol–water partition coefficient (Wildman–Crippen LogP) is 1.28. The summed E-state index contributed by atoms with van der Waals surface area (Å²) in [6, 6.07) is 0. The maximum atomic E-state index is 9.43. The zero-order valence-electron chi connectivity index (χ0n) is 7.34. The van der Waals surface area contributed by atoms with Gasteiger partial charge in [0.05, 0.1) is 6.10 Å². The van der Waals surface area contributed by atoms with E-state index in [1.54, 1.807) is 0 Å². The summed E-state index contributed by atoms with van der Waals surface area (Å²) in [5, 5.41) is 9.43. The Morgan fingerprint density at radius 1 is 1.55 bits per heavy atom. The van der Waals surface area contributed by atoms with Crippen LogP contribution in [0.3, 0.4) is 0 Å². The molecule has 1 unspecified atom stereocenters. The van der Waals surface area contributed by atoms with Crippen molar-refractivity contribution in [1.29, 1.82) is 0 Å². The van der Waals surface area contributed by atoms with Crippen molar-refractivity contribution in [2.75, 3.05) is 6.54 Å². The average Bonchev–Trinajstić information content (AvgIpc) is 1.96. The number of nitrogens with two attached hydrogens (primary N) is 1. The Kier molecular flexibility index (Phi) is 2.90. The van der Waals surface area contributed by atoms with Crippen molar-refractivity contribution in [3.63, 3.8) is 0 Å². The van der Waals surface area contributed by atoms with Crippen LogP contribution in [-0.2, 0) is 0 Å². The van der Waals surface area contributed by atoms with Crippen LogP contribution in [0.5, 0.6) is 0 Å². The van der Waals surface area contributed by atoms with Gasteiger partial charge in [0.15, 0.2) is 0 Å². The number of rotatable bonds is 4. The molecule has 0 heterocycles. The minimum absolute atomic E-state index is 0.126. The van der Waals surface area contributed by atoms with Crippen LogP contribution in [-0.4, -0.2) is 17.8 Å². The van der Waals surface area contributed by atoms with Crippen molar-refractivity contribution in [2.45, 2.75) is 45.1 Å². The van der Waals surface area contributed by atoms with Crippen molar-refractivity contribution >= 4 is 0 Å². The molecule has 0 saturated heterocycles. The van der Waals surface area contributed by atoms with Crippen LogP contribution in [0.2, 0.25) is 0 Å². The molecule has 11 heavy (non-hydrogen) atoms. The Balaban J connectivity index is 2.32. The van der Waals surface area contributed by atoms with Crippen LogP contribution in [0.25, 0.3) is 0 Å². The highest BCUT2D eigenvalue weighted by atomic mass is 16.3. The SMILES string of the molecule is CCC(O)CC1(CN)CCC1. The van der Waals surface area contributed by atoms with Gasteiger partial charge in [0, 0.05) is 0 Å². The first-order valence-electron chi connectivity index (χ1n) is 4.60. The minimum atomic E-state index is -0.126. The van der Waals surface area contributed by atoms with E-state index in [0.29, 0.717) is 5.41 Å². The van der Waals surface area contributed by atoms with Gasteiger partial charge in [-0.3, -0.25) is 0 Å². The molecular weight excluding hydrogens is 138 g/mol. The lowest BCUT2D eigenvalue weighted by atomic mass is 9.65. The molecule has 1 rings (SSSR count). The van der Waals surface area contributed by atoms with Crippen molar-refractivity contribution < 1.29 is 5.11 Å². The van der Waals surface area contributed by atoms with E-state index >= 15 is 0 Å². The summed E-state index contributed by atoms with van der Waals surface area (Å²) >= 11 is 0. The molecule has 0 aromatic heterocycles. The lowest BCUT2D eigenvalue weighted by Crippen LogP contribution is -2.40. The molecule has 0 bridgehead atoms. The van der Waals surface area contributed by atoms with Gasteiger partial charge in [0.2, 0.25) is 0 Å². The lowest BCUT2D eigenvalue weighted by Gasteiger charge is -2.42. The summed E-state index contributed by atoms with van der Waals surface area (Å²) in [5.41, 5.74) is 5.98.